The molecule has 1 aromatic rings. The molecule has 0 fully saturated rings. The third-order valence-electron chi connectivity index (χ3n) is 3.74. The molecule has 25 heavy (non-hydrogen) atoms. The van der Waals surface area contributed by atoms with E-state index in [4.69, 9.17) is 0 Å². The van der Waals surface area contributed by atoms with Crippen molar-refractivity contribution in [2.75, 3.05) is 11.9 Å². The molecule has 6 heteroatoms. The lowest BCUT2D eigenvalue weighted by Gasteiger charge is -2.16. The van der Waals surface area contributed by atoms with Gasteiger partial charge in [0.05, 0.1) is 6.54 Å². The predicted molar refractivity (Wildman–Crippen MR) is 104 cm³/mol. The quantitative estimate of drug-likeness (QED) is 0.364. The Bertz CT molecular complexity index is 599. The van der Waals surface area contributed by atoms with Crippen LogP contribution in [0, 0.1) is 0 Å². The minimum Gasteiger partial charge on any atom is -0.357 e. The maximum Gasteiger partial charge on any atom is 0.319 e. The molecule has 0 aliphatic heterocycles. The Morgan fingerprint density at radius 3 is 2.48 bits per heavy atom. The maximum atomic E-state index is 11.7. The van der Waals surface area contributed by atoms with Crippen molar-refractivity contribution >= 4 is 17.7 Å². The van der Waals surface area contributed by atoms with Crippen LogP contribution in [0.3, 0.4) is 0 Å². The third-order valence-corrected chi connectivity index (χ3v) is 3.74. The van der Waals surface area contributed by atoms with Crippen molar-refractivity contribution in [3.8, 4) is 0 Å². The van der Waals surface area contributed by atoms with Crippen LogP contribution in [0.4, 0.5) is 10.5 Å². The topological polar surface area (TPSA) is 77.5 Å². The lowest BCUT2D eigenvalue weighted by atomic mass is 10.2. The zero-order valence-electron chi connectivity index (χ0n) is 15.3. The van der Waals surface area contributed by atoms with Gasteiger partial charge in [-0.15, -0.1) is 0 Å². The summed E-state index contributed by atoms with van der Waals surface area (Å²) < 4.78 is 0. The van der Waals surface area contributed by atoms with Crippen LogP contribution in [0.25, 0.3) is 0 Å². The summed E-state index contributed by atoms with van der Waals surface area (Å²) in [6.45, 7) is 7.34. The molecule has 1 aromatic carbocycles. The van der Waals surface area contributed by atoms with Crippen molar-refractivity contribution in [3.63, 3.8) is 0 Å². The molecule has 0 saturated carbocycles. The Hall–Kier alpha value is -2.50. The average Bonchev–Trinajstić information content (AvgIpc) is 3.06. The summed E-state index contributed by atoms with van der Waals surface area (Å²) in [5, 5.41) is 12.4. The number of benzene rings is 1. The van der Waals surface area contributed by atoms with Gasteiger partial charge in [-0.2, -0.15) is 0 Å². The van der Waals surface area contributed by atoms with Crippen LogP contribution < -0.4 is 21.3 Å². The minimum absolute atomic E-state index is 0.112. The van der Waals surface area contributed by atoms with Crippen molar-refractivity contribution in [1.29, 1.82) is 0 Å². The van der Waals surface area contributed by atoms with Crippen LogP contribution >= 0.6 is 0 Å². The molecule has 1 aliphatic carbocycles. The summed E-state index contributed by atoms with van der Waals surface area (Å²) in [6.07, 6.45) is 6.48. The smallest absolute Gasteiger partial charge is 0.319 e. The second kappa shape index (κ2) is 9.71. The van der Waals surface area contributed by atoms with E-state index in [9.17, 15) is 4.79 Å². The zero-order valence-corrected chi connectivity index (χ0v) is 15.3. The number of urea groups is 1. The number of hydrogen-bond donors (Lipinski definition) is 4. The number of carbonyl (C=O) groups is 1. The highest BCUT2D eigenvalue weighted by Crippen LogP contribution is 2.11. The molecule has 0 aromatic heterocycles. The van der Waals surface area contributed by atoms with Crippen molar-refractivity contribution in [1.82, 2.24) is 16.0 Å². The molecular formula is C19H29N5O. The fourth-order valence-corrected chi connectivity index (χ4v) is 2.54. The summed E-state index contributed by atoms with van der Waals surface area (Å²) >= 11 is 0. The molecule has 0 radical (unpaired) electrons. The molecule has 0 atom stereocenters. The van der Waals surface area contributed by atoms with E-state index in [1.54, 1.807) is 0 Å². The Morgan fingerprint density at radius 2 is 1.88 bits per heavy atom. The maximum absolute atomic E-state index is 11.7. The second-order valence-corrected chi connectivity index (χ2v) is 6.43. The lowest BCUT2D eigenvalue weighted by Crippen LogP contribution is -2.42. The minimum atomic E-state index is -0.190. The highest BCUT2D eigenvalue weighted by atomic mass is 16.2. The number of nitrogens with one attached hydrogen (secondary N) is 4. The van der Waals surface area contributed by atoms with E-state index in [-0.39, 0.29) is 12.1 Å². The van der Waals surface area contributed by atoms with E-state index in [2.05, 4.69) is 45.3 Å². The van der Waals surface area contributed by atoms with Crippen LogP contribution in [0.15, 0.2) is 41.4 Å². The SMILES string of the molecule is CCNC(=NCc1ccc(NC(=O)NC(C)C)cc1)NC1CC=CC1. The number of rotatable bonds is 6. The standard InChI is InChI=1S/C19H29N5O/c1-4-20-18(23-16-7-5-6-8-16)21-13-15-9-11-17(12-10-15)24-19(25)22-14(2)3/h5-6,9-12,14,16H,4,7-8,13H2,1-3H3,(H2,20,21,23)(H2,22,24,25). The van der Waals surface area contributed by atoms with Crippen LogP contribution in [0.2, 0.25) is 0 Å². The van der Waals surface area contributed by atoms with Gasteiger partial charge in [-0.1, -0.05) is 24.3 Å². The van der Waals surface area contributed by atoms with Crippen LogP contribution in [0.1, 0.15) is 39.2 Å². The van der Waals surface area contributed by atoms with E-state index in [0.29, 0.717) is 12.6 Å². The molecule has 6 nitrogen and oxygen atoms in total. The third kappa shape index (κ3) is 6.87. The molecule has 0 heterocycles. The molecule has 0 bridgehead atoms. The summed E-state index contributed by atoms with van der Waals surface area (Å²) in [7, 11) is 0. The van der Waals surface area contributed by atoms with Gasteiger partial charge in [-0.3, -0.25) is 0 Å². The molecule has 2 rings (SSSR count). The Balaban J connectivity index is 1.88. The summed E-state index contributed by atoms with van der Waals surface area (Å²) in [5.41, 5.74) is 1.87. The number of amides is 2. The van der Waals surface area contributed by atoms with Crippen LogP contribution in [0.5, 0.6) is 0 Å². The molecule has 4 N–H and O–H groups in total. The van der Waals surface area contributed by atoms with E-state index in [1.807, 2.05) is 38.1 Å². The van der Waals surface area contributed by atoms with E-state index in [0.717, 1.165) is 36.6 Å². The van der Waals surface area contributed by atoms with Gasteiger partial charge in [0.2, 0.25) is 0 Å². The molecule has 0 unspecified atom stereocenters. The fourth-order valence-electron chi connectivity index (χ4n) is 2.54. The van der Waals surface area contributed by atoms with E-state index in [1.165, 1.54) is 0 Å². The summed E-state index contributed by atoms with van der Waals surface area (Å²) in [5.74, 6) is 0.842. The Labute approximate surface area is 150 Å². The average molecular weight is 343 g/mol. The van der Waals surface area contributed by atoms with Gasteiger partial charge in [0.15, 0.2) is 5.96 Å². The number of guanidine groups is 1. The highest BCUT2D eigenvalue weighted by Gasteiger charge is 2.11. The Morgan fingerprint density at radius 1 is 1.20 bits per heavy atom. The first-order chi connectivity index (χ1) is 12.1. The normalized spacial score (nSPS) is 14.6. The zero-order chi connectivity index (χ0) is 18.1. The first-order valence-corrected chi connectivity index (χ1v) is 8.93. The first-order valence-electron chi connectivity index (χ1n) is 8.93. The summed E-state index contributed by atoms with van der Waals surface area (Å²) in [4.78, 5) is 16.3. The van der Waals surface area contributed by atoms with Crippen molar-refractivity contribution in [2.24, 2.45) is 4.99 Å². The van der Waals surface area contributed by atoms with Crippen LogP contribution in [-0.2, 0) is 6.54 Å². The van der Waals surface area contributed by atoms with Gasteiger partial charge < -0.3 is 21.3 Å². The number of aliphatic imine (C=N–C) groups is 1. The van der Waals surface area contributed by atoms with Crippen LogP contribution in [-0.4, -0.2) is 30.6 Å². The highest BCUT2D eigenvalue weighted by molar-refractivity contribution is 5.89. The molecule has 2 amide bonds. The second-order valence-electron chi connectivity index (χ2n) is 6.43. The molecule has 0 saturated heterocycles. The number of nitrogens with zero attached hydrogens (tertiary/aromatic N) is 1. The number of anilines is 1. The first kappa shape index (κ1) is 18.8. The van der Waals surface area contributed by atoms with Crippen molar-refractivity contribution < 1.29 is 4.79 Å². The molecule has 136 valence electrons. The fraction of sp³-hybridized carbons (Fsp3) is 0.474. The van der Waals surface area contributed by atoms with E-state index >= 15 is 0 Å². The Kier molecular flexibility index (Phi) is 7.32. The number of carbonyl (C=O) groups excluding carboxylic acids is 1. The van der Waals surface area contributed by atoms with Gasteiger partial charge >= 0.3 is 6.03 Å². The van der Waals surface area contributed by atoms with Gasteiger partial charge in [0.1, 0.15) is 0 Å². The largest absolute Gasteiger partial charge is 0.357 e. The summed E-state index contributed by atoms with van der Waals surface area (Å²) in [6, 6.07) is 8.11. The lowest BCUT2D eigenvalue weighted by molar-refractivity contribution is 0.250. The molecule has 0 spiro atoms. The van der Waals surface area contributed by atoms with Gasteiger partial charge in [-0.05, 0) is 51.3 Å². The van der Waals surface area contributed by atoms with Gasteiger partial charge in [0.25, 0.3) is 0 Å². The van der Waals surface area contributed by atoms with Crippen molar-refractivity contribution in [2.45, 2.75) is 52.2 Å². The van der Waals surface area contributed by atoms with Gasteiger partial charge in [0, 0.05) is 24.3 Å². The predicted octanol–water partition coefficient (Wildman–Crippen LogP) is 2.99. The molecule has 1 aliphatic rings. The monoisotopic (exact) mass is 343 g/mol. The molecular weight excluding hydrogens is 314 g/mol. The number of hydrogen-bond acceptors (Lipinski definition) is 2. The van der Waals surface area contributed by atoms with Gasteiger partial charge in [-0.25, -0.2) is 9.79 Å². The van der Waals surface area contributed by atoms with Crippen molar-refractivity contribution in [3.05, 3.63) is 42.0 Å². The van der Waals surface area contributed by atoms with E-state index < -0.39 is 0 Å².